The molecule has 1 fully saturated rings. The van der Waals surface area contributed by atoms with Gasteiger partial charge in [0.25, 0.3) is 5.56 Å². The minimum Gasteiger partial charge on any atom is -0.387 e. The molecule has 15 nitrogen and oxygen atoms in total. The molecule has 0 bridgehead atoms. The Bertz CT molecular complexity index is 1010. The first kappa shape index (κ1) is 27.8. The average Bonchev–Trinajstić information content (AvgIpc) is 3.20. The van der Waals surface area contributed by atoms with Crippen LogP contribution in [0.25, 0.3) is 11.2 Å². The number of nitrogens with zero attached hydrogens (tertiary/aromatic N) is 3. The number of aliphatic hydroxyl groups is 2. The number of H-pyrrole nitrogens is 1. The molecule has 0 saturated carbocycles. The highest BCUT2D eigenvalue weighted by Crippen LogP contribution is 2.38. The fourth-order valence-corrected chi connectivity index (χ4v) is 3.09. The number of nitrogens with one attached hydrogen (secondary N) is 1. The standard InChI is InChI=1S/C10H14N5O8P.C5H11NO.CH4/c11-10-13-7-4(8(18)14-10)12-2-15(7)9-6(17)5(16)3(23-9)1-22-24(19,20)21;1-5(7)3-2-4-6;/h2-3,5-6,9,16-17H,1H2,(H2,19,20,21)(H3,11,13,14,18);2-4,6H2,1H3;1H4/t3-,5+,6?,9-;;/m1../s1. The number of hydrogen-bond donors (Lipinski definition) is 7. The van der Waals surface area contributed by atoms with Crippen molar-refractivity contribution in [1.82, 2.24) is 19.5 Å². The molecule has 2 aromatic rings. The molecule has 3 rings (SSSR count). The third-order valence-electron chi connectivity index (χ3n) is 4.20. The molecule has 1 aliphatic heterocycles. The highest BCUT2D eigenvalue weighted by molar-refractivity contribution is 7.46. The highest BCUT2D eigenvalue weighted by Gasteiger charge is 2.45. The van der Waals surface area contributed by atoms with Crippen molar-refractivity contribution in [3.8, 4) is 0 Å². The number of Topliss-reactive ketones (excluding diaryl/α,β-unsaturated/α-hetero) is 1. The highest BCUT2D eigenvalue weighted by atomic mass is 31.2. The molecule has 1 aliphatic rings. The summed E-state index contributed by atoms with van der Waals surface area (Å²) in [6.07, 6.45) is -2.75. The summed E-state index contributed by atoms with van der Waals surface area (Å²) in [5.41, 5.74) is 9.97. The number of nitrogens with two attached hydrogens (primary N) is 2. The molecule has 1 unspecified atom stereocenters. The van der Waals surface area contributed by atoms with Crippen LogP contribution in [-0.4, -0.2) is 76.8 Å². The van der Waals surface area contributed by atoms with Gasteiger partial charge < -0.3 is 41.0 Å². The molecule has 32 heavy (non-hydrogen) atoms. The second-order valence-electron chi connectivity index (χ2n) is 6.70. The van der Waals surface area contributed by atoms with Crippen LogP contribution in [-0.2, 0) is 18.6 Å². The minimum absolute atomic E-state index is 0. The maximum atomic E-state index is 11.7. The summed E-state index contributed by atoms with van der Waals surface area (Å²) in [7, 11) is -4.76. The van der Waals surface area contributed by atoms with Gasteiger partial charge in [0.05, 0.1) is 12.9 Å². The van der Waals surface area contributed by atoms with Crippen molar-refractivity contribution in [2.24, 2.45) is 5.73 Å². The summed E-state index contributed by atoms with van der Waals surface area (Å²) in [4.78, 5) is 49.3. The lowest BCUT2D eigenvalue weighted by Crippen LogP contribution is -2.33. The summed E-state index contributed by atoms with van der Waals surface area (Å²) in [6.45, 7) is 1.55. The predicted molar refractivity (Wildman–Crippen MR) is 112 cm³/mol. The Hall–Kier alpha value is -2.23. The molecule has 0 aliphatic carbocycles. The summed E-state index contributed by atoms with van der Waals surface area (Å²) in [6, 6.07) is 0. The molecule has 0 aromatic carbocycles. The molecule has 0 spiro atoms. The van der Waals surface area contributed by atoms with E-state index in [0.29, 0.717) is 13.0 Å². The zero-order chi connectivity index (χ0) is 23.3. The van der Waals surface area contributed by atoms with Gasteiger partial charge in [-0.1, -0.05) is 7.43 Å². The lowest BCUT2D eigenvalue weighted by atomic mass is 10.1. The summed E-state index contributed by atoms with van der Waals surface area (Å²) < 4.78 is 21.6. The Kier molecular flexibility index (Phi) is 10.1. The third kappa shape index (κ3) is 7.15. The third-order valence-corrected chi connectivity index (χ3v) is 4.69. The smallest absolute Gasteiger partial charge is 0.387 e. The predicted octanol–water partition coefficient (Wildman–Crippen LogP) is -1.62. The fourth-order valence-electron chi connectivity index (χ4n) is 2.75. The number of rotatable bonds is 7. The number of aliphatic hydroxyl groups excluding tert-OH is 2. The Morgan fingerprint density at radius 2 is 2.03 bits per heavy atom. The van der Waals surface area contributed by atoms with Crippen LogP contribution in [0.3, 0.4) is 0 Å². The number of carbonyl (C=O) groups excluding carboxylic acids is 1. The fraction of sp³-hybridized carbons (Fsp3) is 0.625. The molecule has 1 saturated heterocycles. The van der Waals surface area contributed by atoms with Gasteiger partial charge in [-0.05, 0) is 19.9 Å². The summed E-state index contributed by atoms with van der Waals surface area (Å²) >= 11 is 0. The Labute approximate surface area is 182 Å². The van der Waals surface area contributed by atoms with Crippen LogP contribution in [0.15, 0.2) is 11.1 Å². The van der Waals surface area contributed by atoms with Crippen molar-refractivity contribution < 1.29 is 38.6 Å². The number of hydrogen-bond acceptors (Lipinski definition) is 11. The second kappa shape index (κ2) is 11.6. The number of ether oxygens (including phenoxy) is 1. The molecule has 9 N–H and O–H groups in total. The first-order chi connectivity index (χ1) is 14.4. The van der Waals surface area contributed by atoms with Crippen LogP contribution < -0.4 is 17.0 Å². The molecule has 182 valence electrons. The molecule has 4 atom stereocenters. The van der Waals surface area contributed by atoms with Crippen LogP contribution in [0.4, 0.5) is 5.95 Å². The zero-order valence-corrected chi connectivity index (χ0v) is 17.4. The Balaban J connectivity index is 0.000000558. The van der Waals surface area contributed by atoms with Gasteiger partial charge >= 0.3 is 7.82 Å². The zero-order valence-electron chi connectivity index (χ0n) is 16.5. The number of aromatic nitrogens is 4. The monoisotopic (exact) mass is 480 g/mol. The van der Waals surface area contributed by atoms with Gasteiger partial charge in [-0.25, -0.2) is 9.55 Å². The first-order valence-electron chi connectivity index (χ1n) is 9.08. The molecule has 0 amide bonds. The van der Waals surface area contributed by atoms with Crippen molar-refractivity contribution in [2.45, 2.75) is 51.7 Å². The van der Waals surface area contributed by atoms with E-state index in [2.05, 4.69) is 19.5 Å². The van der Waals surface area contributed by atoms with E-state index < -0.39 is 44.5 Å². The number of ketones is 1. The van der Waals surface area contributed by atoms with E-state index in [9.17, 15) is 24.4 Å². The van der Waals surface area contributed by atoms with Gasteiger partial charge in [-0.2, -0.15) is 4.98 Å². The van der Waals surface area contributed by atoms with E-state index in [1.807, 2.05) is 0 Å². The Morgan fingerprint density at radius 3 is 2.56 bits per heavy atom. The number of phosphoric ester groups is 1. The minimum atomic E-state index is -4.76. The van der Waals surface area contributed by atoms with Gasteiger partial charge in [0, 0.05) is 6.42 Å². The van der Waals surface area contributed by atoms with Crippen LogP contribution in [0.5, 0.6) is 0 Å². The lowest BCUT2D eigenvalue weighted by Gasteiger charge is -2.16. The molecule has 3 heterocycles. The molecular formula is C16H29N6O9P. The van der Waals surface area contributed by atoms with Crippen molar-refractivity contribution in [3.05, 3.63) is 16.7 Å². The van der Waals surface area contributed by atoms with E-state index in [1.165, 1.54) is 10.9 Å². The van der Waals surface area contributed by atoms with Crippen molar-refractivity contribution >= 4 is 30.7 Å². The van der Waals surface area contributed by atoms with Gasteiger partial charge in [0.15, 0.2) is 17.4 Å². The number of fused-ring (bicyclic) bond motifs is 1. The second-order valence-corrected chi connectivity index (χ2v) is 7.94. The van der Waals surface area contributed by atoms with Crippen molar-refractivity contribution in [1.29, 1.82) is 0 Å². The lowest BCUT2D eigenvalue weighted by molar-refractivity contribution is -0.117. The number of imidazole rings is 1. The van der Waals surface area contributed by atoms with E-state index in [-0.39, 0.29) is 30.3 Å². The topological polar surface area (TPSA) is 249 Å². The summed E-state index contributed by atoms with van der Waals surface area (Å²) in [5.74, 6) is 0.0501. The number of nitrogen functional groups attached to an aromatic ring is 1. The van der Waals surface area contributed by atoms with E-state index >= 15 is 0 Å². The molecule has 16 heteroatoms. The number of anilines is 1. The van der Waals surface area contributed by atoms with Crippen LogP contribution in [0.2, 0.25) is 0 Å². The van der Waals surface area contributed by atoms with E-state index in [1.54, 1.807) is 6.92 Å². The maximum absolute atomic E-state index is 11.7. The van der Waals surface area contributed by atoms with E-state index in [0.717, 1.165) is 6.42 Å². The number of phosphoric acid groups is 1. The molecule has 0 radical (unpaired) electrons. The van der Waals surface area contributed by atoms with E-state index in [4.69, 9.17) is 26.0 Å². The van der Waals surface area contributed by atoms with Crippen molar-refractivity contribution in [3.63, 3.8) is 0 Å². The largest absolute Gasteiger partial charge is 0.469 e. The molecular weight excluding hydrogens is 451 g/mol. The van der Waals surface area contributed by atoms with Gasteiger partial charge in [0.1, 0.15) is 24.1 Å². The Morgan fingerprint density at radius 1 is 1.38 bits per heavy atom. The SMILES string of the molecule is C.CC(=O)CCCN.Nc1nc2c(ncn2[C@@H]2O[C@H](COP(=O)(O)O)[C@H](O)C2O)c(=O)[nH]1. The van der Waals surface area contributed by atoms with Gasteiger partial charge in [-0.15, -0.1) is 0 Å². The quantitative estimate of drug-likeness (QED) is 0.220. The van der Waals surface area contributed by atoms with Gasteiger partial charge in [0.2, 0.25) is 5.95 Å². The summed E-state index contributed by atoms with van der Waals surface area (Å²) in [5, 5.41) is 20.1. The maximum Gasteiger partial charge on any atom is 0.469 e. The average molecular weight is 480 g/mol. The van der Waals surface area contributed by atoms with Crippen LogP contribution in [0.1, 0.15) is 33.4 Å². The van der Waals surface area contributed by atoms with Gasteiger partial charge in [-0.3, -0.25) is 18.9 Å². The van der Waals surface area contributed by atoms with Crippen LogP contribution >= 0.6 is 7.82 Å². The van der Waals surface area contributed by atoms with Crippen LogP contribution in [0, 0.1) is 0 Å². The normalized spacial score (nSPS) is 22.8. The van der Waals surface area contributed by atoms with Crippen molar-refractivity contribution in [2.75, 3.05) is 18.9 Å². The first-order valence-corrected chi connectivity index (χ1v) is 10.6. The molecule has 2 aromatic heterocycles. The number of aromatic amines is 1. The number of carbonyl (C=O) groups is 1.